The smallest absolute Gasteiger partial charge is 0.335 e. The van der Waals surface area contributed by atoms with Gasteiger partial charge in [-0.25, -0.2) is 9.18 Å². The molecular formula is C36H35ClFN9O7. The number of tetrazole rings is 1. The average Bonchev–Trinajstić information content (AvgIpc) is 3.71. The van der Waals surface area contributed by atoms with E-state index in [1.54, 1.807) is 17.0 Å². The first-order chi connectivity index (χ1) is 25.9. The van der Waals surface area contributed by atoms with Gasteiger partial charge in [-0.3, -0.25) is 19.2 Å². The molecule has 3 amide bonds. The van der Waals surface area contributed by atoms with Gasteiger partial charge in [-0.1, -0.05) is 23.7 Å². The molecular weight excluding hydrogens is 725 g/mol. The molecule has 1 unspecified atom stereocenters. The molecule has 0 bridgehead atoms. The Balaban J connectivity index is 1.28. The van der Waals surface area contributed by atoms with Crippen LogP contribution in [0.4, 0.5) is 15.8 Å². The van der Waals surface area contributed by atoms with E-state index in [0.717, 1.165) is 17.3 Å². The summed E-state index contributed by atoms with van der Waals surface area (Å²) in [5.74, 6) is -4.42. The number of carbonyl (C=O) groups excluding carboxylic acids is 3. The lowest BCUT2D eigenvalue weighted by Gasteiger charge is -2.41. The highest BCUT2D eigenvalue weighted by Gasteiger charge is 2.37. The van der Waals surface area contributed by atoms with Crippen LogP contribution >= 0.6 is 11.6 Å². The molecule has 3 heterocycles. The molecule has 0 saturated carbocycles. The van der Waals surface area contributed by atoms with Gasteiger partial charge in [0.05, 0.1) is 16.3 Å². The van der Waals surface area contributed by atoms with E-state index in [2.05, 4.69) is 25.7 Å². The summed E-state index contributed by atoms with van der Waals surface area (Å²) >= 11 is 6.08. The van der Waals surface area contributed by atoms with Crippen LogP contribution in [0.15, 0.2) is 67.0 Å². The largest absolute Gasteiger partial charge is 0.480 e. The van der Waals surface area contributed by atoms with Crippen molar-refractivity contribution in [3.63, 3.8) is 0 Å². The normalized spacial score (nSPS) is 16.2. The molecule has 2 aliphatic rings. The highest BCUT2D eigenvalue weighted by atomic mass is 35.5. The molecule has 0 aliphatic carbocycles. The molecule has 2 aliphatic heterocycles. The predicted octanol–water partition coefficient (Wildman–Crippen LogP) is 2.77. The number of nitrogens with two attached hydrogens (primary N) is 1. The summed E-state index contributed by atoms with van der Waals surface area (Å²) in [5, 5.41) is 32.0. The fourth-order valence-corrected chi connectivity index (χ4v) is 6.73. The fraction of sp³-hybridized carbons (Fsp3) is 0.278. The summed E-state index contributed by atoms with van der Waals surface area (Å²) in [5.41, 5.74) is 8.32. The minimum atomic E-state index is -1.16. The number of nitrogens with one attached hydrogen (secondary N) is 1. The standard InChI is InChI=1S/C36H35ClFN9O7/c37-26-9-11-29(47-20-40-42-43-47)25(32(26)38)8-12-31(49)46-15-14-23-24(33(46)34(50)41-22-6-4-21(5-7-22)35(51)52)2-1-3-28(23)44-16-18-45(19-17-44)30(48)13-10-27(39)36(53)54/h1-9,11-12,20,27,33H,10,13-19,39H2,(H,41,50)(H,51,52)(H,53,54)/b12-8+/t27-,33?/m0/s1. The number of carboxylic acid groups (broad SMARTS) is 2. The number of aliphatic carboxylic acids is 1. The molecule has 1 aromatic heterocycles. The highest BCUT2D eigenvalue weighted by molar-refractivity contribution is 6.31. The van der Waals surface area contributed by atoms with E-state index in [1.165, 1.54) is 58.4 Å². The summed E-state index contributed by atoms with van der Waals surface area (Å²) in [6, 6.07) is 11.6. The van der Waals surface area contributed by atoms with Crippen LogP contribution in [-0.2, 0) is 25.6 Å². The van der Waals surface area contributed by atoms with Gasteiger partial charge in [0.2, 0.25) is 11.8 Å². The van der Waals surface area contributed by atoms with Crippen molar-refractivity contribution in [2.45, 2.75) is 31.3 Å². The highest BCUT2D eigenvalue weighted by Crippen LogP contribution is 2.37. The molecule has 1 fully saturated rings. The molecule has 0 spiro atoms. The van der Waals surface area contributed by atoms with E-state index in [-0.39, 0.29) is 47.1 Å². The van der Waals surface area contributed by atoms with Crippen LogP contribution in [0.5, 0.6) is 0 Å². The first kappa shape index (κ1) is 37.6. The maximum atomic E-state index is 15.3. The second kappa shape index (κ2) is 16.2. The monoisotopic (exact) mass is 759 g/mol. The molecule has 16 nitrogen and oxygen atoms in total. The number of fused-ring (bicyclic) bond motifs is 1. The average molecular weight is 760 g/mol. The third-order valence-electron chi connectivity index (χ3n) is 9.38. The Labute approximate surface area is 312 Å². The topological polar surface area (TPSA) is 217 Å². The zero-order valence-electron chi connectivity index (χ0n) is 28.6. The van der Waals surface area contributed by atoms with Crippen LogP contribution in [0.2, 0.25) is 5.02 Å². The predicted molar refractivity (Wildman–Crippen MR) is 193 cm³/mol. The van der Waals surface area contributed by atoms with E-state index in [4.69, 9.17) is 22.4 Å². The van der Waals surface area contributed by atoms with Crippen molar-refractivity contribution >= 4 is 58.7 Å². The van der Waals surface area contributed by atoms with Crippen molar-refractivity contribution in [3.05, 3.63) is 100 Å². The Hall–Kier alpha value is -6.20. The number of carboxylic acids is 2. The van der Waals surface area contributed by atoms with Crippen LogP contribution in [0, 0.1) is 5.82 Å². The SMILES string of the molecule is N[C@@H](CCC(=O)N1CCN(c2cccc3c2CCN(C(=O)/C=C/c2c(-n4cnnn4)ccc(Cl)c2F)C3C(=O)Nc2ccc(C(=O)O)cc2)CC1)C(=O)O. The van der Waals surface area contributed by atoms with Gasteiger partial charge in [-0.2, -0.15) is 4.68 Å². The lowest BCUT2D eigenvalue weighted by Crippen LogP contribution is -2.50. The van der Waals surface area contributed by atoms with Crippen LogP contribution < -0.4 is 16.0 Å². The molecule has 2 atom stereocenters. The number of amides is 3. The second-order valence-electron chi connectivity index (χ2n) is 12.6. The summed E-state index contributed by atoms with van der Waals surface area (Å²) in [6.45, 7) is 1.84. The number of piperazine rings is 1. The van der Waals surface area contributed by atoms with Gasteiger partial charge in [-0.05, 0) is 82.9 Å². The quantitative estimate of drug-likeness (QED) is 0.162. The zero-order valence-corrected chi connectivity index (χ0v) is 29.4. The number of aromatic nitrogens is 4. The molecule has 54 heavy (non-hydrogen) atoms. The third-order valence-corrected chi connectivity index (χ3v) is 9.68. The summed E-state index contributed by atoms with van der Waals surface area (Å²) in [4.78, 5) is 68.5. The number of benzene rings is 3. The lowest BCUT2D eigenvalue weighted by molar-refractivity contribution is -0.139. The van der Waals surface area contributed by atoms with Gasteiger partial charge in [0, 0.05) is 62.2 Å². The van der Waals surface area contributed by atoms with Crippen LogP contribution in [0.1, 0.15) is 45.9 Å². The van der Waals surface area contributed by atoms with Gasteiger partial charge >= 0.3 is 11.9 Å². The molecule has 1 saturated heterocycles. The van der Waals surface area contributed by atoms with E-state index < -0.39 is 41.7 Å². The van der Waals surface area contributed by atoms with Crippen molar-refractivity contribution in [1.29, 1.82) is 0 Å². The van der Waals surface area contributed by atoms with Gasteiger partial charge in [0.1, 0.15) is 18.4 Å². The molecule has 6 rings (SSSR count). The van der Waals surface area contributed by atoms with Crippen molar-refractivity contribution in [1.82, 2.24) is 30.0 Å². The first-order valence-corrected chi connectivity index (χ1v) is 17.3. The zero-order chi connectivity index (χ0) is 38.5. The Kier molecular flexibility index (Phi) is 11.3. The fourth-order valence-electron chi connectivity index (χ4n) is 6.57. The van der Waals surface area contributed by atoms with E-state index in [0.29, 0.717) is 43.9 Å². The minimum Gasteiger partial charge on any atom is -0.480 e. The number of hydrogen-bond acceptors (Lipinski definition) is 10. The minimum absolute atomic E-state index is 0.0191. The summed E-state index contributed by atoms with van der Waals surface area (Å²) < 4.78 is 16.5. The molecule has 5 N–H and O–H groups in total. The van der Waals surface area contributed by atoms with Crippen molar-refractivity contribution in [3.8, 4) is 5.69 Å². The Morgan fingerprint density at radius 3 is 2.39 bits per heavy atom. The van der Waals surface area contributed by atoms with Gasteiger partial charge in [0.15, 0.2) is 5.82 Å². The number of anilines is 2. The first-order valence-electron chi connectivity index (χ1n) is 16.9. The molecule has 280 valence electrons. The Morgan fingerprint density at radius 2 is 1.72 bits per heavy atom. The molecule has 18 heteroatoms. The van der Waals surface area contributed by atoms with Crippen molar-refractivity contribution in [2.24, 2.45) is 5.73 Å². The number of rotatable bonds is 11. The number of halogens is 2. The molecule has 0 radical (unpaired) electrons. The van der Waals surface area contributed by atoms with Crippen LogP contribution in [0.3, 0.4) is 0 Å². The van der Waals surface area contributed by atoms with Crippen LogP contribution in [-0.4, -0.2) is 109 Å². The number of aromatic carboxylic acids is 1. The summed E-state index contributed by atoms with van der Waals surface area (Å²) in [6.07, 6.45) is 4.09. The van der Waals surface area contributed by atoms with Crippen molar-refractivity contribution < 1.29 is 38.6 Å². The lowest BCUT2D eigenvalue weighted by atomic mass is 9.89. The van der Waals surface area contributed by atoms with Gasteiger partial charge < -0.3 is 36.0 Å². The van der Waals surface area contributed by atoms with E-state index in [9.17, 15) is 29.1 Å². The third kappa shape index (κ3) is 8.06. The maximum absolute atomic E-state index is 15.3. The Bertz CT molecular complexity index is 2110. The van der Waals surface area contributed by atoms with Crippen LogP contribution in [0.25, 0.3) is 11.8 Å². The van der Waals surface area contributed by atoms with E-state index in [1.807, 2.05) is 6.07 Å². The second-order valence-corrected chi connectivity index (χ2v) is 13.0. The molecule has 4 aromatic rings. The maximum Gasteiger partial charge on any atom is 0.335 e. The van der Waals surface area contributed by atoms with Crippen molar-refractivity contribution in [2.75, 3.05) is 42.9 Å². The van der Waals surface area contributed by atoms with Gasteiger partial charge in [-0.15, -0.1) is 5.10 Å². The number of nitrogens with zero attached hydrogens (tertiary/aromatic N) is 7. The molecule has 3 aromatic carbocycles. The summed E-state index contributed by atoms with van der Waals surface area (Å²) in [7, 11) is 0. The Morgan fingerprint density at radius 1 is 0.981 bits per heavy atom. The van der Waals surface area contributed by atoms with E-state index >= 15 is 4.39 Å². The number of hydrogen-bond donors (Lipinski definition) is 4. The number of carbonyl (C=O) groups is 5. The van der Waals surface area contributed by atoms with Gasteiger partial charge in [0.25, 0.3) is 5.91 Å².